The average Bonchev–Trinajstić information content (AvgIpc) is 2.77. The van der Waals surface area contributed by atoms with Gasteiger partial charge in [-0.15, -0.1) is 0 Å². The molecule has 2 aromatic heterocycles. The number of rotatable bonds is 2. The van der Waals surface area contributed by atoms with E-state index in [-0.39, 0.29) is 17.1 Å². The maximum atomic E-state index is 12.5. The minimum absolute atomic E-state index is 0.0293. The molecular weight excluding hydrogens is 290 g/mol. The second-order valence-electron chi connectivity index (χ2n) is 4.63. The standard InChI is InChI=1S/C14H11N3O3S/c1-2-3-8-7(6-15)13(20)17-9-4-10(18)11(19)5-12(9)21-14(17)16-8/h4-5,18-19H,2-3H2,1H3. The first-order chi connectivity index (χ1) is 10.1. The molecule has 0 atom stereocenters. The van der Waals surface area contributed by atoms with Gasteiger partial charge >= 0.3 is 0 Å². The molecule has 0 bridgehead atoms. The number of hydrogen-bond donors (Lipinski definition) is 2. The molecule has 21 heavy (non-hydrogen) atoms. The predicted molar refractivity (Wildman–Crippen MR) is 78.9 cm³/mol. The maximum Gasteiger partial charge on any atom is 0.277 e. The van der Waals surface area contributed by atoms with Crippen molar-refractivity contribution in [2.24, 2.45) is 0 Å². The molecule has 0 saturated carbocycles. The summed E-state index contributed by atoms with van der Waals surface area (Å²) in [6.45, 7) is 1.95. The third-order valence-corrected chi connectivity index (χ3v) is 4.23. The Kier molecular flexibility index (Phi) is 3.03. The molecule has 2 N–H and O–H groups in total. The number of thiazole rings is 1. The van der Waals surface area contributed by atoms with Crippen molar-refractivity contribution in [3.8, 4) is 17.6 Å². The predicted octanol–water partition coefficient (Wildman–Crippen LogP) is 2.14. The highest BCUT2D eigenvalue weighted by Gasteiger charge is 2.17. The molecule has 3 aromatic rings. The minimum Gasteiger partial charge on any atom is -0.504 e. The van der Waals surface area contributed by atoms with Crippen molar-refractivity contribution >= 4 is 26.5 Å². The Balaban J connectivity index is 2.49. The summed E-state index contributed by atoms with van der Waals surface area (Å²) in [6, 6.07) is 4.61. The first-order valence-corrected chi connectivity index (χ1v) is 7.18. The number of fused-ring (bicyclic) bond motifs is 3. The lowest BCUT2D eigenvalue weighted by atomic mass is 10.1. The van der Waals surface area contributed by atoms with Gasteiger partial charge in [0.05, 0.1) is 15.9 Å². The number of aromatic nitrogens is 2. The van der Waals surface area contributed by atoms with Crippen LogP contribution in [0.3, 0.4) is 0 Å². The molecule has 0 spiro atoms. The number of hydrogen-bond acceptors (Lipinski definition) is 6. The normalized spacial score (nSPS) is 11.0. The zero-order valence-corrected chi connectivity index (χ0v) is 11.9. The van der Waals surface area contributed by atoms with Crippen molar-refractivity contribution in [3.05, 3.63) is 33.7 Å². The molecule has 0 fully saturated rings. The monoisotopic (exact) mass is 301 g/mol. The Morgan fingerprint density at radius 1 is 1.38 bits per heavy atom. The van der Waals surface area contributed by atoms with Gasteiger partial charge in [-0.1, -0.05) is 24.7 Å². The van der Waals surface area contributed by atoms with Gasteiger partial charge in [0.2, 0.25) is 0 Å². The zero-order chi connectivity index (χ0) is 15.1. The van der Waals surface area contributed by atoms with E-state index in [0.717, 1.165) is 6.42 Å². The van der Waals surface area contributed by atoms with E-state index in [0.29, 0.717) is 27.3 Å². The fraction of sp³-hybridized carbons (Fsp3) is 0.214. The first-order valence-electron chi connectivity index (χ1n) is 6.37. The summed E-state index contributed by atoms with van der Waals surface area (Å²) in [5, 5.41) is 28.4. The van der Waals surface area contributed by atoms with Crippen LogP contribution in [0.4, 0.5) is 0 Å². The van der Waals surface area contributed by atoms with Crippen molar-refractivity contribution < 1.29 is 10.2 Å². The second-order valence-corrected chi connectivity index (χ2v) is 5.64. The number of nitriles is 1. The summed E-state index contributed by atoms with van der Waals surface area (Å²) >= 11 is 1.23. The number of aromatic hydroxyl groups is 2. The molecule has 3 rings (SSSR count). The van der Waals surface area contributed by atoms with E-state index in [1.807, 2.05) is 13.0 Å². The summed E-state index contributed by atoms with van der Waals surface area (Å²) < 4.78 is 1.92. The Morgan fingerprint density at radius 3 is 2.76 bits per heavy atom. The number of aryl methyl sites for hydroxylation is 1. The molecule has 1 aromatic carbocycles. The summed E-state index contributed by atoms with van der Waals surface area (Å²) in [5.74, 6) is -0.568. The van der Waals surface area contributed by atoms with Crippen LogP contribution in [0.5, 0.6) is 11.5 Å². The number of nitrogens with zero attached hydrogens (tertiary/aromatic N) is 3. The third-order valence-electron chi connectivity index (χ3n) is 3.22. The maximum absolute atomic E-state index is 12.5. The van der Waals surface area contributed by atoms with Crippen molar-refractivity contribution in [2.45, 2.75) is 19.8 Å². The van der Waals surface area contributed by atoms with Crippen molar-refractivity contribution in [2.75, 3.05) is 0 Å². The molecule has 106 valence electrons. The topological polar surface area (TPSA) is 98.6 Å². The molecule has 0 unspecified atom stereocenters. The van der Waals surface area contributed by atoms with Crippen LogP contribution in [0.15, 0.2) is 16.9 Å². The summed E-state index contributed by atoms with van der Waals surface area (Å²) in [6.07, 6.45) is 1.34. The van der Waals surface area contributed by atoms with Crippen LogP contribution in [0.25, 0.3) is 15.2 Å². The number of benzene rings is 1. The van der Waals surface area contributed by atoms with Crippen LogP contribution in [0, 0.1) is 11.3 Å². The lowest BCUT2D eigenvalue weighted by Gasteiger charge is -2.02. The highest BCUT2D eigenvalue weighted by Crippen LogP contribution is 2.34. The van der Waals surface area contributed by atoms with Gasteiger partial charge in [0.1, 0.15) is 11.6 Å². The largest absolute Gasteiger partial charge is 0.504 e. The van der Waals surface area contributed by atoms with Gasteiger partial charge in [-0.3, -0.25) is 4.79 Å². The summed E-state index contributed by atoms with van der Waals surface area (Å²) in [5.41, 5.74) is 0.510. The number of phenols is 2. The lowest BCUT2D eigenvalue weighted by Crippen LogP contribution is -2.19. The van der Waals surface area contributed by atoms with E-state index >= 15 is 0 Å². The molecule has 0 amide bonds. The summed E-state index contributed by atoms with van der Waals surface area (Å²) in [4.78, 5) is 17.3. The average molecular weight is 301 g/mol. The third kappa shape index (κ3) is 1.92. The van der Waals surface area contributed by atoms with Gasteiger partial charge in [-0.25, -0.2) is 9.38 Å². The van der Waals surface area contributed by atoms with Crippen molar-refractivity contribution in [1.29, 1.82) is 5.26 Å². The van der Waals surface area contributed by atoms with Gasteiger partial charge in [-0.2, -0.15) is 5.26 Å². The van der Waals surface area contributed by atoms with Crippen LogP contribution in [-0.2, 0) is 6.42 Å². The first kappa shape index (κ1) is 13.4. The van der Waals surface area contributed by atoms with E-state index in [1.165, 1.54) is 27.9 Å². The van der Waals surface area contributed by atoms with E-state index in [4.69, 9.17) is 0 Å². The highest BCUT2D eigenvalue weighted by molar-refractivity contribution is 7.23. The van der Waals surface area contributed by atoms with Crippen LogP contribution in [0.1, 0.15) is 24.6 Å². The van der Waals surface area contributed by atoms with Gasteiger partial charge in [0, 0.05) is 12.1 Å². The zero-order valence-electron chi connectivity index (χ0n) is 11.1. The number of phenolic OH excluding ortho intramolecular Hbond substituents is 2. The summed E-state index contributed by atoms with van der Waals surface area (Å²) in [7, 11) is 0. The lowest BCUT2D eigenvalue weighted by molar-refractivity contribution is 0.405. The van der Waals surface area contributed by atoms with Crippen LogP contribution in [-0.4, -0.2) is 19.6 Å². The van der Waals surface area contributed by atoms with Gasteiger partial charge in [-0.05, 0) is 6.42 Å². The molecule has 0 aliphatic carbocycles. The van der Waals surface area contributed by atoms with Gasteiger partial charge in [0.25, 0.3) is 5.56 Å². The molecular formula is C14H11N3O3S. The quantitative estimate of drug-likeness (QED) is 0.707. The van der Waals surface area contributed by atoms with Gasteiger partial charge < -0.3 is 10.2 Å². The van der Waals surface area contributed by atoms with Gasteiger partial charge in [0.15, 0.2) is 16.5 Å². The molecule has 2 heterocycles. The van der Waals surface area contributed by atoms with E-state index in [2.05, 4.69) is 4.98 Å². The molecule has 0 saturated heterocycles. The molecule has 7 heteroatoms. The molecule has 0 aliphatic heterocycles. The van der Waals surface area contributed by atoms with Crippen LogP contribution >= 0.6 is 11.3 Å². The second kappa shape index (κ2) is 4.75. The SMILES string of the molecule is CCCc1nc2sc3cc(O)c(O)cc3n2c(=O)c1C#N. The molecule has 0 radical (unpaired) electrons. The van der Waals surface area contributed by atoms with E-state index < -0.39 is 5.56 Å². The van der Waals surface area contributed by atoms with Crippen LogP contribution < -0.4 is 5.56 Å². The van der Waals surface area contributed by atoms with Crippen molar-refractivity contribution in [3.63, 3.8) is 0 Å². The highest BCUT2D eigenvalue weighted by atomic mass is 32.1. The minimum atomic E-state index is -0.442. The molecule has 6 nitrogen and oxygen atoms in total. The van der Waals surface area contributed by atoms with E-state index in [9.17, 15) is 20.3 Å². The van der Waals surface area contributed by atoms with Crippen LogP contribution in [0.2, 0.25) is 0 Å². The Hall–Kier alpha value is -2.59. The van der Waals surface area contributed by atoms with Crippen molar-refractivity contribution in [1.82, 2.24) is 9.38 Å². The smallest absolute Gasteiger partial charge is 0.277 e. The fourth-order valence-electron chi connectivity index (χ4n) is 2.26. The Bertz CT molecular complexity index is 966. The fourth-order valence-corrected chi connectivity index (χ4v) is 3.31. The molecule has 0 aliphatic rings. The Labute approximate surface area is 123 Å². The Morgan fingerprint density at radius 2 is 2.10 bits per heavy atom. The van der Waals surface area contributed by atoms with E-state index in [1.54, 1.807) is 0 Å².